The van der Waals surface area contributed by atoms with Crippen LogP contribution < -0.4 is 5.32 Å². The van der Waals surface area contributed by atoms with Crippen molar-refractivity contribution >= 4 is 28.8 Å². The van der Waals surface area contributed by atoms with Gasteiger partial charge in [-0.15, -0.1) is 0 Å². The van der Waals surface area contributed by atoms with E-state index in [0.29, 0.717) is 11.2 Å². The molecular formula is C13H8ClFN4O. The topological polar surface area (TPSA) is 59.3 Å². The lowest BCUT2D eigenvalue weighted by Gasteiger charge is -2.04. The van der Waals surface area contributed by atoms with E-state index in [0.717, 1.165) is 6.07 Å². The molecule has 0 aliphatic heterocycles. The summed E-state index contributed by atoms with van der Waals surface area (Å²) in [6.45, 7) is 0. The number of carbonyl (C=O) groups is 1. The molecule has 0 saturated heterocycles. The summed E-state index contributed by atoms with van der Waals surface area (Å²) in [4.78, 5) is 16.2. The number of halogens is 2. The van der Waals surface area contributed by atoms with Crippen molar-refractivity contribution in [3.63, 3.8) is 0 Å². The SMILES string of the molecule is O=C(Nc1cc(F)cc(Cl)c1)c1cnn2cccnc12. The Morgan fingerprint density at radius 1 is 1.35 bits per heavy atom. The first-order valence-corrected chi connectivity index (χ1v) is 6.07. The van der Waals surface area contributed by atoms with Crippen LogP contribution >= 0.6 is 11.6 Å². The fourth-order valence-corrected chi connectivity index (χ4v) is 2.03. The lowest BCUT2D eigenvalue weighted by atomic mass is 10.2. The normalized spacial score (nSPS) is 10.7. The zero-order valence-electron chi connectivity index (χ0n) is 10.0. The Labute approximate surface area is 118 Å². The van der Waals surface area contributed by atoms with Crippen molar-refractivity contribution in [1.82, 2.24) is 14.6 Å². The number of carbonyl (C=O) groups excluding carboxylic acids is 1. The van der Waals surface area contributed by atoms with E-state index in [2.05, 4.69) is 15.4 Å². The third-order valence-corrected chi connectivity index (χ3v) is 2.86. The van der Waals surface area contributed by atoms with E-state index in [1.807, 2.05) is 0 Å². The van der Waals surface area contributed by atoms with Gasteiger partial charge in [0.15, 0.2) is 5.65 Å². The minimum Gasteiger partial charge on any atom is -0.322 e. The average molecular weight is 291 g/mol. The highest BCUT2D eigenvalue weighted by molar-refractivity contribution is 6.31. The number of nitrogens with one attached hydrogen (secondary N) is 1. The van der Waals surface area contributed by atoms with Gasteiger partial charge in [-0.25, -0.2) is 13.9 Å². The van der Waals surface area contributed by atoms with Crippen LogP contribution in [0.3, 0.4) is 0 Å². The van der Waals surface area contributed by atoms with Gasteiger partial charge >= 0.3 is 0 Å². The number of hydrogen-bond donors (Lipinski definition) is 1. The molecule has 100 valence electrons. The van der Waals surface area contributed by atoms with Crippen molar-refractivity contribution < 1.29 is 9.18 Å². The molecule has 1 amide bonds. The lowest BCUT2D eigenvalue weighted by Crippen LogP contribution is -2.12. The summed E-state index contributed by atoms with van der Waals surface area (Å²) in [5.74, 6) is -0.953. The first kappa shape index (κ1) is 12.6. The van der Waals surface area contributed by atoms with Crippen LogP contribution in [0.15, 0.2) is 42.9 Å². The van der Waals surface area contributed by atoms with Crippen LogP contribution in [0.1, 0.15) is 10.4 Å². The van der Waals surface area contributed by atoms with E-state index in [4.69, 9.17) is 11.6 Å². The molecule has 0 spiro atoms. The van der Waals surface area contributed by atoms with Crippen LogP contribution in [0.4, 0.5) is 10.1 Å². The maximum Gasteiger partial charge on any atom is 0.261 e. The second-order valence-corrected chi connectivity index (χ2v) is 4.49. The van der Waals surface area contributed by atoms with Gasteiger partial charge < -0.3 is 5.32 Å². The quantitative estimate of drug-likeness (QED) is 0.789. The van der Waals surface area contributed by atoms with Crippen LogP contribution in [-0.4, -0.2) is 20.5 Å². The van der Waals surface area contributed by atoms with Gasteiger partial charge in [-0.1, -0.05) is 11.6 Å². The third kappa shape index (κ3) is 2.33. The number of fused-ring (bicyclic) bond motifs is 1. The number of anilines is 1. The predicted molar refractivity (Wildman–Crippen MR) is 72.4 cm³/mol. The van der Waals surface area contributed by atoms with E-state index in [9.17, 15) is 9.18 Å². The smallest absolute Gasteiger partial charge is 0.261 e. The van der Waals surface area contributed by atoms with Gasteiger partial charge in [-0.2, -0.15) is 5.10 Å². The zero-order valence-corrected chi connectivity index (χ0v) is 10.8. The van der Waals surface area contributed by atoms with E-state index in [-0.39, 0.29) is 10.7 Å². The van der Waals surface area contributed by atoms with Crippen LogP contribution in [0, 0.1) is 5.82 Å². The first-order chi connectivity index (χ1) is 9.63. The van der Waals surface area contributed by atoms with Crippen molar-refractivity contribution in [3.05, 3.63) is 59.3 Å². The molecular weight excluding hydrogens is 283 g/mol. The van der Waals surface area contributed by atoms with Crippen molar-refractivity contribution in [3.8, 4) is 0 Å². The molecule has 0 fully saturated rings. The third-order valence-electron chi connectivity index (χ3n) is 2.64. The molecule has 0 saturated carbocycles. The molecule has 5 nitrogen and oxygen atoms in total. The number of rotatable bonds is 2. The molecule has 3 rings (SSSR count). The maximum absolute atomic E-state index is 13.2. The largest absolute Gasteiger partial charge is 0.322 e. The van der Waals surface area contributed by atoms with Gasteiger partial charge in [0.25, 0.3) is 5.91 Å². The van der Waals surface area contributed by atoms with Crippen LogP contribution in [0.2, 0.25) is 5.02 Å². The van der Waals surface area contributed by atoms with Gasteiger partial charge in [-0.05, 0) is 24.3 Å². The second-order valence-electron chi connectivity index (χ2n) is 4.06. The summed E-state index contributed by atoms with van der Waals surface area (Å²) in [6.07, 6.45) is 4.64. The Balaban J connectivity index is 1.93. The molecule has 1 N–H and O–H groups in total. The summed E-state index contributed by atoms with van der Waals surface area (Å²) >= 11 is 5.73. The van der Waals surface area contributed by atoms with E-state index < -0.39 is 11.7 Å². The summed E-state index contributed by atoms with van der Waals surface area (Å²) in [5.41, 5.74) is 0.994. The molecule has 7 heteroatoms. The van der Waals surface area contributed by atoms with E-state index in [1.165, 1.54) is 22.8 Å². The van der Waals surface area contributed by atoms with Gasteiger partial charge in [0, 0.05) is 23.1 Å². The molecule has 0 unspecified atom stereocenters. The molecule has 0 atom stereocenters. The van der Waals surface area contributed by atoms with Crippen LogP contribution in [0.25, 0.3) is 5.65 Å². The van der Waals surface area contributed by atoms with Gasteiger partial charge in [0.2, 0.25) is 0 Å². The van der Waals surface area contributed by atoms with Crippen molar-refractivity contribution in [2.75, 3.05) is 5.32 Å². The molecule has 0 bridgehead atoms. The Morgan fingerprint density at radius 3 is 3.00 bits per heavy atom. The number of amides is 1. The standard InChI is InChI=1S/C13H8ClFN4O/c14-8-4-9(15)6-10(5-8)18-13(20)11-7-17-19-3-1-2-16-12(11)19/h1-7H,(H,18,20). The highest BCUT2D eigenvalue weighted by atomic mass is 35.5. The van der Waals surface area contributed by atoms with Crippen molar-refractivity contribution in [2.24, 2.45) is 0 Å². The van der Waals surface area contributed by atoms with E-state index in [1.54, 1.807) is 18.5 Å². The molecule has 3 aromatic rings. The lowest BCUT2D eigenvalue weighted by molar-refractivity contribution is 0.102. The van der Waals surface area contributed by atoms with Gasteiger partial charge in [-0.3, -0.25) is 4.79 Å². The second kappa shape index (κ2) is 4.90. The van der Waals surface area contributed by atoms with Crippen molar-refractivity contribution in [1.29, 1.82) is 0 Å². The Hall–Kier alpha value is -2.47. The number of benzene rings is 1. The Morgan fingerprint density at radius 2 is 2.20 bits per heavy atom. The minimum atomic E-state index is -0.522. The molecule has 20 heavy (non-hydrogen) atoms. The summed E-state index contributed by atoms with van der Waals surface area (Å²) in [7, 11) is 0. The highest BCUT2D eigenvalue weighted by Gasteiger charge is 2.14. The number of aromatic nitrogens is 3. The molecule has 2 aromatic heterocycles. The van der Waals surface area contributed by atoms with E-state index >= 15 is 0 Å². The van der Waals surface area contributed by atoms with Crippen molar-refractivity contribution in [2.45, 2.75) is 0 Å². The zero-order chi connectivity index (χ0) is 14.1. The average Bonchev–Trinajstić information content (AvgIpc) is 2.81. The molecule has 0 aliphatic rings. The maximum atomic E-state index is 13.2. The molecule has 0 aliphatic carbocycles. The highest BCUT2D eigenvalue weighted by Crippen LogP contribution is 2.19. The fraction of sp³-hybridized carbons (Fsp3) is 0. The Bertz CT molecular complexity index is 782. The van der Waals surface area contributed by atoms with Gasteiger partial charge in [0.05, 0.1) is 6.20 Å². The monoisotopic (exact) mass is 290 g/mol. The minimum absolute atomic E-state index is 0.207. The number of nitrogens with zero attached hydrogens (tertiary/aromatic N) is 3. The van der Waals surface area contributed by atoms with Gasteiger partial charge in [0.1, 0.15) is 11.4 Å². The van der Waals surface area contributed by atoms with Crippen LogP contribution in [0.5, 0.6) is 0 Å². The number of hydrogen-bond acceptors (Lipinski definition) is 3. The molecule has 2 heterocycles. The molecule has 0 radical (unpaired) electrons. The molecule has 1 aromatic carbocycles. The predicted octanol–water partition coefficient (Wildman–Crippen LogP) is 2.77. The summed E-state index contributed by atoms with van der Waals surface area (Å²) in [5, 5.41) is 6.78. The van der Waals surface area contributed by atoms with Crippen LogP contribution in [-0.2, 0) is 0 Å². The Kier molecular flexibility index (Phi) is 3.08. The fourth-order valence-electron chi connectivity index (χ4n) is 1.81. The summed E-state index contributed by atoms with van der Waals surface area (Å²) in [6, 6.07) is 5.51. The first-order valence-electron chi connectivity index (χ1n) is 5.69. The summed E-state index contributed by atoms with van der Waals surface area (Å²) < 4.78 is 14.7.